The molecule has 0 saturated heterocycles. The van der Waals surface area contributed by atoms with Crippen LogP contribution in [0.25, 0.3) is 6.08 Å². The smallest absolute Gasteiger partial charge is 0.261 e. The topological polar surface area (TPSA) is 37.4 Å². The molecule has 1 aliphatic rings. The maximum Gasteiger partial charge on any atom is 0.261 e. The van der Waals surface area contributed by atoms with Gasteiger partial charge in [0.15, 0.2) is 0 Å². The number of carbonyl (C=O) groups is 2. The van der Waals surface area contributed by atoms with E-state index in [1.807, 2.05) is 18.2 Å². The van der Waals surface area contributed by atoms with Crippen molar-refractivity contribution in [3.05, 3.63) is 76.3 Å². The molecule has 0 fully saturated rings. The third-order valence-corrected chi connectivity index (χ3v) is 3.60. The molecular weight excluding hydrogens is 286 g/mol. The molecule has 0 unspecified atom stereocenters. The summed E-state index contributed by atoms with van der Waals surface area (Å²) in [6.07, 6.45) is 3.66. The van der Waals surface area contributed by atoms with Crippen molar-refractivity contribution in [2.75, 3.05) is 6.54 Å². The van der Waals surface area contributed by atoms with Crippen LogP contribution >= 0.6 is 11.6 Å². The molecule has 21 heavy (non-hydrogen) atoms. The van der Waals surface area contributed by atoms with E-state index in [9.17, 15) is 9.59 Å². The highest BCUT2D eigenvalue weighted by Crippen LogP contribution is 2.22. The fraction of sp³-hybridized carbons (Fsp3) is 0.0588. The van der Waals surface area contributed by atoms with Gasteiger partial charge in [-0.2, -0.15) is 0 Å². The molecule has 2 aromatic carbocycles. The average Bonchev–Trinajstić information content (AvgIpc) is 2.75. The SMILES string of the molecule is O=C1c2ccccc2C(=O)N1CC=Cc1ccc(Cl)cc1. The monoisotopic (exact) mass is 297 g/mol. The van der Waals surface area contributed by atoms with E-state index in [4.69, 9.17) is 11.6 Å². The van der Waals surface area contributed by atoms with Gasteiger partial charge in [0.1, 0.15) is 0 Å². The standard InChI is InChI=1S/C17H12ClNO2/c18-13-9-7-12(8-10-13)4-3-11-19-16(20)14-5-1-2-6-15(14)17(19)21/h1-10H,11H2. The van der Waals surface area contributed by atoms with Gasteiger partial charge in [-0.25, -0.2) is 0 Å². The number of imide groups is 1. The van der Waals surface area contributed by atoms with Crippen molar-refractivity contribution in [3.8, 4) is 0 Å². The summed E-state index contributed by atoms with van der Waals surface area (Å²) in [6.45, 7) is 0.259. The van der Waals surface area contributed by atoms with Gasteiger partial charge in [-0.3, -0.25) is 14.5 Å². The lowest BCUT2D eigenvalue weighted by atomic mass is 10.1. The Labute approximate surface area is 127 Å². The number of rotatable bonds is 3. The second kappa shape index (κ2) is 5.54. The minimum Gasteiger partial charge on any atom is -0.270 e. The minimum atomic E-state index is -0.239. The van der Waals surface area contributed by atoms with E-state index in [1.165, 1.54) is 4.90 Å². The van der Waals surface area contributed by atoms with Crippen molar-refractivity contribution in [3.63, 3.8) is 0 Å². The fourth-order valence-corrected chi connectivity index (χ4v) is 2.40. The molecule has 4 heteroatoms. The molecule has 0 bridgehead atoms. The van der Waals surface area contributed by atoms with Gasteiger partial charge < -0.3 is 0 Å². The second-order valence-corrected chi connectivity index (χ2v) is 5.16. The summed E-state index contributed by atoms with van der Waals surface area (Å²) < 4.78 is 0. The van der Waals surface area contributed by atoms with Crippen molar-refractivity contribution >= 4 is 29.5 Å². The molecule has 0 atom stereocenters. The number of fused-ring (bicyclic) bond motifs is 1. The number of amides is 2. The molecule has 0 radical (unpaired) electrons. The molecule has 104 valence electrons. The Hall–Kier alpha value is -2.39. The summed E-state index contributed by atoms with van der Waals surface area (Å²) in [4.78, 5) is 25.5. The van der Waals surface area contributed by atoms with Crippen LogP contribution in [0.5, 0.6) is 0 Å². The first kappa shape index (κ1) is 13.6. The summed E-state index contributed by atoms with van der Waals surface area (Å²) in [5, 5.41) is 0.674. The van der Waals surface area contributed by atoms with Crippen LogP contribution in [0.15, 0.2) is 54.6 Å². The first-order valence-electron chi connectivity index (χ1n) is 6.54. The highest BCUT2D eigenvalue weighted by molar-refractivity contribution is 6.30. The minimum absolute atomic E-state index is 0.239. The number of hydrogen-bond donors (Lipinski definition) is 0. The summed E-state index contributed by atoms with van der Waals surface area (Å²) >= 11 is 5.82. The molecule has 1 aliphatic heterocycles. The van der Waals surface area contributed by atoms with Gasteiger partial charge in [-0.05, 0) is 29.8 Å². The Morgan fingerprint density at radius 3 is 2.05 bits per heavy atom. The zero-order valence-corrected chi connectivity index (χ0v) is 11.9. The maximum atomic E-state index is 12.1. The van der Waals surface area contributed by atoms with Crippen LogP contribution < -0.4 is 0 Å². The lowest BCUT2D eigenvalue weighted by Gasteiger charge is -2.10. The van der Waals surface area contributed by atoms with Gasteiger partial charge in [-0.15, -0.1) is 0 Å². The van der Waals surface area contributed by atoms with Crippen LogP contribution in [0.1, 0.15) is 26.3 Å². The van der Waals surface area contributed by atoms with Crippen molar-refractivity contribution in [2.24, 2.45) is 0 Å². The second-order valence-electron chi connectivity index (χ2n) is 4.72. The van der Waals surface area contributed by atoms with Crippen LogP contribution in [-0.2, 0) is 0 Å². The molecule has 0 saturated carbocycles. The highest BCUT2D eigenvalue weighted by atomic mass is 35.5. The third kappa shape index (κ3) is 2.60. The molecule has 3 nitrogen and oxygen atoms in total. The third-order valence-electron chi connectivity index (χ3n) is 3.35. The Kier molecular flexibility index (Phi) is 3.59. The zero-order valence-electron chi connectivity index (χ0n) is 11.1. The van der Waals surface area contributed by atoms with Gasteiger partial charge in [0, 0.05) is 11.6 Å². The number of benzene rings is 2. The average molecular weight is 298 g/mol. The van der Waals surface area contributed by atoms with E-state index in [2.05, 4.69) is 0 Å². The molecule has 3 rings (SSSR count). The Bertz CT molecular complexity index is 700. The van der Waals surface area contributed by atoms with E-state index in [1.54, 1.807) is 42.5 Å². The van der Waals surface area contributed by atoms with Crippen molar-refractivity contribution < 1.29 is 9.59 Å². The van der Waals surface area contributed by atoms with Crippen molar-refractivity contribution in [2.45, 2.75) is 0 Å². The highest BCUT2D eigenvalue weighted by Gasteiger charge is 2.33. The van der Waals surface area contributed by atoms with E-state index in [0.29, 0.717) is 16.1 Å². The Balaban J connectivity index is 1.74. The molecule has 0 N–H and O–H groups in total. The van der Waals surface area contributed by atoms with E-state index in [-0.39, 0.29) is 18.4 Å². The van der Waals surface area contributed by atoms with Crippen LogP contribution in [0.3, 0.4) is 0 Å². The van der Waals surface area contributed by atoms with Gasteiger partial charge in [0.25, 0.3) is 11.8 Å². The van der Waals surface area contributed by atoms with E-state index >= 15 is 0 Å². The number of hydrogen-bond acceptors (Lipinski definition) is 2. The molecule has 1 heterocycles. The Morgan fingerprint density at radius 1 is 0.905 bits per heavy atom. The number of halogens is 1. The summed E-state index contributed by atoms with van der Waals surface area (Å²) in [5.41, 5.74) is 1.92. The molecule has 0 aliphatic carbocycles. The predicted octanol–water partition coefficient (Wildman–Crippen LogP) is 3.65. The lowest BCUT2D eigenvalue weighted by Crippen LogP contribution is -2.29. The molecular formula is C17H12ClNO2. The largest absolute Gasteiger partial charge is 0.270 e. The lowest BCUT2D eigenvalue weighted by molar-refractivity contribution is 0.0672. The molecule has 2 aromatic rings. The summed E-state index contributed by atoms with van der Waals surface area (Å²) in [5.74, 6) is -0.479. The summed E-state index contributed by atoms with van der Waals surface area (Å²) in [6, 6.07) is 14.2. The predicted molar refractivity (Wildman–Crippen MR) is 82.3 cm³/mol. The molecule has 2 amide bonds. The Morgan fingerprint density at radius 2 is 1.48 bits per heavy atom. The van der Waals surface area contributed by atoms with Gasteiger partial charge in [0.2, 0.25) is 0 Å². The van der Waals surface area contributed by atoms with Gasteiger partial charge in [-0.1, -0.05) is 48.0 Å². The normalized spacial score (nSPS) is 14.0. The van der Waals surface area contributed by atoms with Gasteiger partial charge >= 0.3 is 0 Å². The van der Waals surface area contributed by atoms with E-state index < -0.39 is 0 Å². The number of nitrogens with zero attached hydrogens (tertiary/aromatic N) is 1. The zero-order chi connectivity index (χ0) is 14.8. The van der Waals surface area contributed by atoms with Crippen LogP contribution in [0, 0.1) is 0 Å². The van der Waals surface area contributed by atoms with Crippen LogP contribution in [0.4, 0.5) is 0 Å². The first-order valence-corrected chi connectivity index (χ1v) is 6.92. The maximum absolute atomic E-state index is 12.1. The molecule has 0 spiro atoms. The summed E-state index contributed by atoms with van der Waals surface area (Å²) in [7, 11) is 0. The van der Waals surface area contributed by atoms with Crippen molar-refractivity contribution in [1.29, 1.82) is 0 Å². The van der Waals surface area contributed by atoms with E-state index in [0.717, 1.165) is 5.56 Å². The van der Waals surface area contributed by atoms with Gasteiger partial charge in [0.05, 0.1) is 11.1 Å². The fourth-order valence-electron chi connectivity index (χ4n) is 2.27. The van der Waals surface area contributed by atoms with Crippen LogP contribution in [-0.4, -0.2) is 23.3 Å². The van der Waals surface area contributed by atoms with Crippen LogP contribution in [0.2, 0.25) is 5.02 Å². The first-order chi connectivity index (χ1) is 10.2. The molecule has 0 aromatic heterocycles. The van der Waals surface area contributed by atoms with Crippen molar-refractivity contribution in [1.82, 2.24) is 4.90 Å². The number of carbonyl (C=O) groups excluding carboxylic acids is 2. The quantitative estimate of drug-likeness (QED) is 0.811.